The topological polar surface area (TPSA) is 49.6 Å². The lowest BCUT2D eigenvalue weighted by atomic mass is 10.1. The second-order valence-electron chi connectivity index (χ2n) is 5.09. The number of hydrogen-bond donors (Lipinski definition) is 1. The molecule has 2 N–H and O–H groups in total. The van der Waals surface area contributed by atoms with Gasteiger partial charge in [-0.15, -0.1) is 12.4 Å². The van der Waals surface area contributed by atoms with Crippen molar-refractivity contribution in [1.29, 1.82) is 0 Å². The molecular weight excluding hydrogens is 300 g/mol. The minimum absolute atomic E-state index is 0. The first-order chi connectivity index (χ1) is 9.31. The van der Waals surface area contributed by atoms with Gasteiger partial charge in [-0.3, -0.25) is 4.79 Å². The molecule has 7 heteroatoms. The van der Waals surface area contributed by atoms with E-state index in [0.29, 0.717) is 13.1 Å². The highest BCUT2D eigenvalue weighted by molar-refractivity contribution is 5.85. The highest BCUT2D eigenvalue weighted by Gasteiger charge is 2.19. The molecule has 120 valence electrons. The minimum Gasteiger partial charge on any atom is -0.336 e. The summed E-state index contributed by atoms with van der Waals surface area (Å²) >= 11 is 0. The molecule has 1 aromatic carbocycles. The van der Waals surface area contributed by atoms with Gasteiger partial charge in [0.25, 0.3) is 0 Å². The normalized spacial score (nSPS) is 12.0. The summed E-state index contributed by atoms with van der Waals surface area (Å²) in [5, 5.41) is 0. The fourth-order valence-electron chi connectivity index (χ4n) is 1.73. The van der Waals surface area contributed by atoms with E-state index in [1.54, 1.807) is 6.92 Å². The summed E-state index contributed by atoms with van der Waals surface area (Å²) in [5.41, 5.74) is 5.88. The highest BCUT2D eigenvalue weighted by Crippen LogP contribution is 2.13. The number of rotatable bonds is 6. The van der Waals surface area contributed by atoms with Crippen LogP contribution in [0.4, 0.5) is 8.78 Å². The average Bonchev–Trinajstić information content (AvgIpc) is 2.35. The average molecular weight is 322 g/mol. The van der Waals surface area contributed by atoms with Gasteiger partial charge in [-0.25, -0.2) is 8.78 Å². The van der Waals surface area contributed by atoms with Gasteiger partial charge in [0.2, 0.25) is 5.91 Å². The zero-order valence-corrected chi connectivity index (χ0v) is 13.3. The van der Waals surface area contributed by atoms with Crippen molar-refractivity contribution in [3.8, 4) is 0 Å². The Labute approximate surface area is 130 Å². The van der Waals surface area contributed by atoms with Gasteiger partial charge in [0.15, 0.2) is 0 Å². The fraction of sp³-hybridized carbons (Fsp3) is 0.500. The Morgan fingerprint density at radius 1 is 1.29 bits per heavy atom. The molecule has 0 aliphatic heterocycles. The third-order valence-electron chi connectivity index (χ3n) is 2.89. The molecule has 0 radical (unpaired) electrons. The van der Waals surface area contributed by atoms with Crippen molar-refractivity contribution in [3.05, 3.63) is 35.4 Å². The smallest absolute Gasteiger partial charge is 0.239 e. The van der Waals surface area contributed by atoms with Gasteiger partial charge in [-0.2, -0.15) is 0 Å². The maximum absolute atomic E-state index is 13.7. The van der Waals surface area contributed by atoms with Gasteiger partial charge < -0.3 is 15.5 Å². The molecule has 0 saturated heterocycles. The van der Waals surface area contributed by atoms with Crippen LogP contribution >= 0.6 is 12.4 Å². The second kappa shape index (κ2) is 8.92. The van der Waals surface area contributed by atoms with Gasteiger partial charge in [-0.05, 0) is 27.1 Å². The number of halogens is 3. The lowest BCUT2D eigenvalue weighted by Gasteiger charge is -2.26. The molecule has 0 saturated carbocycles. The molecule has 1 atom stereocenters. The zero-order valence-electron chi connectivity index (χ0n) is 12.5. The summed E-state index contributed by atoms with van der Waals surface area (Å²) < 4.78 is 26.5. The number of nitrogens with zero attached hydrogens (tertiary/aromatic N) is 2. The van der Waals surface area contributed by atoms with E-state index in [1.165, 1.54) is 17.0 Å². The van der Waals surface area contributed by atoms with Crippen molar-refractivity contribution < 1.29 is 13.6 Å². The second-order valence-corrected chi connectivity index (χ2v) is 5.09. The zero-order chi connectivity index (χ0) is 15.3. The summed E-state index contributed by atoms with van der Waals surface area (Å²) in [7, 11) is 3.76. The molecule has 0 bridgehead atoms. The molecule has 1 rings (SSSR count). The first kappa shape index (κ1) is 19.8. The van der Waals surface area contributed by atoms with Gasteiger partial charge in [0.05, 0.1) is 6.04 Å². The summed E-state index contributed by atoms with van der Waals surface area (Å²) in [4.78, 5) is 15.4. The van der Waals surface area contributed by atoms with Crippen LogP contribution in [0.1, 0.15) is 12.5 Å². The summed E-state index contributed by atoms with van der Waals surface area (Å²) in [5.74, 6) is -1.54. The fourth-order valence-corrected chi connectivity index (χ4v) is 1.73. The van der Waals surface area contributed by atoms with Crippen LogP contribution in [0, 0.1) is 11.6 Å². The summed E-state index contributed by atoms with van der Waals surface area (Å²) in [6.07, 6.45) is 0. The van der Waals surface area contributed by atoms with Gasteiger partial charge in [0.1, 0.15) is 11.6 Å². The van der Waals surface area contributed by atoms with Crippen molar-refractivity contribution >= 4 is 18.3 Å². The third kappa shape index (κ3) is 6.37. The van der Waals surface area contributed by atoms with Crippen LogP contribution in [0.2, 0.25) is 0 Å². The van der Waals surface area contributed by atoms with Crippen molar-refractivity contribution in [1.82, 2.24) is 9.80 Å². The van der Waals surface area contributed by atoms with E-state index in [1.807, 2.05) is 19.0 Å². The number of nitrogens with two attached hydrogens (primary N) is 1. The minimum atomic E-state index is -0.655. The van der Waals surface area contributed by atoms with E-state index in [4.69, 9.17) is 5.73 Å². The Bertz CT molecular complexity index is 470. The van der Waals surface area contributed by atoms with Crippen molar-refractivity contribution in [2.45, 2.75) is 19.5 Å². The van der Waals surface area contributed by atoms with E-state index in [9.17, 15) is 13.6 Å². The Morgan fingerprint density at radius 2 is 1.90 bits per heavy atom. The number of likely N-dealkylation sites (N-methyl/N-ethyl adjacent to an activating group) is 1. The standard InChI is InChI=1S/C14H21F2N3O.ClH/c1-10(17)14(20)19(7-6-18(2)3)9-11-4-5-12(15)8-13(11)16;/h4-5,8,10H,6-7,9,17H2,1-3H3;1H. The number of carbonyl (C=O) groups excluding carboxylic acids is 1. The quantitative estimate of drug-likeness (QED) is 0.866. The maximum Gasteiger partial charge on any atom is 0.239 e. The third-order valence-corrected chi connectivity index (χ3v) is 2.89. The molecule has 1 amide bonds. The molecule has 0 spiro atoms. The van der Waals surface area contributed by atoms with Crippen molar-refractivity contribution in [3.63, 3.8) is 0 Å². The first-order valence-corrected chi connectivity index (χ1v) is 6.44. The predicted octanol–water partition coefficient (Wildman–Crippen LogP) is 1.62. The van der Waals surface area contributed by atoms with E-state index in [0.717, 1.165) is 6.07 Å². The molecular formula is C14H22ClF2N3O. The van der Waals surface area contributed by atoms with Gasteiger partial charge in [-0.1, -0.05) is 6.07 Å². The first-order valence-electron chi connectivity index (χ1n) is 6.44. The van der Waals surface area contributed by atoms with Gasteiger partial charge in [0, 0.05) is 31.3 Å². The van der Waals surface area contributed by atoms with Crippen LogP contribution in [0.15, 0.2) is 18.2 Å². The van der Waals surface area contributed by atoms with E-state index in [-0.39, 0.29) is 30.4 Å². The lowest BCUT2D eigenvalue weighted by molar-refractivity contribution is -0.133. The van der Waals surface area contributed by atoms with Gasteiger partial charge >= 0.3 is 0 Å². The van der Waals surface area contributed by atoms with Crippen LogP contribution in [0.25, 0.3) is 0 Å². The number of benzene rings is 1. The molecule has 0 aromatic heterocycles. The van der Waals surface area contributed by atoms with E-state index >= 15 is 0 Å². The highest BCUT2D eigenvalue weighted by atomic mass is 35.5. The summed E-state index contributed by atoms with van der Waals surface area (Å²) in [6.45, 7) is 2.75. The number of carbonyl (C=O) groups is 1. The summed E-state index contributed by atoms with van der Waals surface area (Å²) in [6, 6.07) is 2.69. The molecule has 4 nitrogen and oxygen atoms in total. The van der Waals surface area contributed by atoms with Crippen molar-refractivity contribution in [2.24, 2.45) is 5.73 Å². The van der Waals surface area contributed by atoms with Crippen LogP contribution in [0.3, 0.4) is 0 Å². The monoisotopic (exact) mass is 321 g/mol. The van der Waals surface area contributed by atoms with Crippen molar-refractivity contribution in [2.75, 3.05) is 27.2 Å². The molecule has 0 heterocycles. The Morgan fingerprint density at radius 3 is 2.38 bits per heavy atom. The Hall–Kier alpha value is -1.24. The molecule has 1 unspecified atom stereocenters. The van der Waals surface area contributed by atoms with Crippen LogP contribution in [-0.2, 0) is 11.3 Å². The number of hydrogen-bond acceptors (Lipinski definition) is 3. The van der Waals surface area contributed by atoms with Crippen LogP contribution in [-0.4, -0.2) is 48.9 Å². The molecule has 0 aliphatic rings. The molecule has 1 aromatic rings. The van der Waals surface area contributed by atoms with E-state index in [2.05, 4.69) is 0 Å². The van der Waals surface area contributed by atoms with Crippen LogP contribution in [0.5, 0.6) is 0 Å². The SMILES string of the molecule is CC(N)C(=O)N(CCN(C)C)Cc1ccc(F)cc1F.Cl. The largest absolute Gasteiger partial charge is 0.336 e. The van der Waals surface area contributed by atoms with Crippen LogP contribution < -0.4 is 5.73 Å². The molecule has 0 aliphatic carbocycles. The molecule has 0 fully saturated rings. The Balaban J connectivity index is 0.00000400. The Kier molecular flexibility index (Phi) is 8.39. The predicted molar refractivity (Wildman–Crippen MR) is 81.2 cm³/mol. The molecule has 21 heavy (non-hydrogen) atoms. The maximum atomic E-state index is 13.7. The van der Waals surface area contributed by atoms with E-state index < -0.39 is 17.7 Å². The number of amides is 1. The lowest BCUT2D eigenvalue weighted by Crippen LogP contribution is -2.44.